The van der Waals surface area contributed by atoms with Crippen LogP contribution in [0.25, 0.3) is 5.65 Å². The van der Waals surface area contributed by atoms with Crippen LogP contribution >= 0.6 is 15.9 Å². The number of aromatic nitrogens is 4. The third-order valence-corrected chi connectivity index (χ3v) is 4.82. The van der Waals surface area contributed by atoms with E-state index in [0.29, 0.717) is 36.9 Å². The Bertz CT molecular complexity index is 944. The van der Waals surface area contributed by atoms with E-state index in [2.05, 4.69) is 36.3 Å². The van der Waals surface area contributed by atoms with Gasteiger partial charge in [-0.15, -0.1) is 0 Å². The van der Waals surface area contributed by atoms with Gasteiger partial charge < -0.3 is 15.0 Å². The molecule has 0 unspecified atom stereocenters. The number of rotatable bonds is 8. The number of nitrogens with zero attached hydrogens (tertiary/aromatic N) is 5. The van der Waals surface area contributed by atoms with Gasteiger partial charge in [0.2, 0.25) is 0 Å². The minimum Gasteiger partial charge on any atom is -0.383 e. The maximum atomic E-state index is 13.1. The molecule has 0 aliphatic heterocycles. The van der Waals surface area contributed by atoms with Crippen molar-refractivity contribution < 1.29 is 9.53 Å². The molecule has 1 N–H and O–H groups in total. The van der Waals surface area contributed by atoms with Crippen LogP contribution < -0.4 is 5.32 Å². The molecule has 1 amide bonds. The molecular weight excluding hydrogens is 424 g/mol. The summed E-state index contributed by atoms with van der Waals surface area (Å²) >= 11 is 3.46. The summed E-state index contributed by atoms with van der Waals surface area (Å²) < 4.78 is 7.54. The number of fused-ring (bicyclic) bond motifs is 1. The second-order valence-corrected chi connectivity index (χ2v) is 7.41. The van der Waals surface area contributed by atoms with Crippen molar-refractivity contribution in [1.29, 1.82) is 0 Å². The van der Waals surface area contributed by atoms with Gasteiger partial charge in [-0.1, -0.05) is 6.07 Å². The minimum atomic E-state index is -0.146. The molecule has 0 radical (unpaired) electrons. The third-order valence-electron chi connectivity index (χ3n) is 4.26. The average Bonchev–Trinajstić information content (AvgIpc) is 3.08. The SMILES string of the molecule is COCCN(C(=O)c1cc(NCc2cccnc2)n2ncc(Br)c2n1)C(C)C. The Labute approximate surface area is 172 Å². The molecule has 28 heavy (non-hydrogen) atoms. The first kappa shape index (κ1) is 20.2. The van der Waals surface area contributed by atoms with Crippen LogP contribution in [-0.4, -0.2) is 56.7 Å². The number of amides is 1. The zero-order chi connectivity index (χ0) is 20.1. The number of anilines is 1. The van der Waals surface area contributed by atoms with Crippen molar-refractivity contribution in [2.24, 2.45) is 0 Å². The Morgan fingerprint density at radius 2 is 2.21 bits per heavy atom. The summed E-state index contributed by atoms with van der Waals surface area (Å²) in [5, 5.41) is 7.67. The van der Waals surface area contributed by atoms with Crippen molar-refractivity contribution in [3.8, 4) is 0 Å². The third kappa shape index (κ3) is 4.48. The van der Waals surface area contributed by atoms with Crippen LogP contribution in [0.15, 0.2) is 41.3 Å². The molecular formula is C19H23BrN6O2. The molecule has 0 bridgehead atoms. The first-order valence-electron chi connectivity index (χ1n) is 8.98. The molecule has 0 spiro atoms. The van der Waals surface area contributed by atoms with Crippen LogP contribution in [0.1, 0.15) is 29.9 Å². The highest BCUT2D eigenvalue weighted by Crippen LogP contribution is 2.22. The van der Waals surface area contributed by atoms with Crippen molar-refractivity contribution >= 4 is 33.3 Å². The van der Waals surface area contributed by atoms with E-state index in [1.54, 1.807) is 41.2 Å². The first-order valence-corrected chi connectivity index (χ1v) is 9.77. The fourth-order valence-electron chi connectivity index (χ4n) is 2.80. The second-order valence-electron chi connectivity index (χ2n) is 6.55. The van der Waals surface area contributed by atoms with Gasteiger partial charge in [0.25, 0.3) is 5.91 Å². The summed E-state index contributed by atoms with van der Waals surface area (Å²) in [5.74, 6) is 0.533. The molecule has 0 atom stereocenters. The molecule has 0 aliphatic carbocycles. The lowest BCUT2D eigenvalue weighted by Crippen LogP contribution is -2.39. The van der Waals surface area contributed by atoms with E-state index < -0.39 is 0 Å². The number of halogens is 1. The Kier molecular flexibility index (Phi) is 6.58. The van der Waals surface area contributed by atoms with Crippen LogP contribution in [0.3, 0.4) is 0 Å². The van der Waals surface area contributed by atoms with Crippen LogP contribution in [0, 0.1) is 0 Å². The fourth-order valence-corrected chi connectivity index (χ4v) is 3.15. The molecule has 0 aromatic carbocycles. The number of ether oxygens (including phenoxy) is 1. The molecule has 0 fully saturated rings. The van der Waals surface area contributed by atoms with Crippen molar-refractivity contribution in [1.82, 2.24) is 24.5 Å². The average molecular weight is 447 g/mol. The Morgan fingerprint density at radius 1 is 1.39 bits per heavy atom. The number of nitrogens with one attached hydrogen (secondary N) is 1. The molecule has 3 heterocycles. The number of pyridine rings is 1. The van der Waals surface area contributed by atoms with Crippen LogP contribution in [0.4, 0.5) is 5.82 Å². The van der Waals surface area contributed by atoms with Gasteiger partial charge in [0, 0.05) is 44.7 Å². The summed E-state index contributed by atoms with van der Waals surface area (Å²) in [4.78, 5) is 23.5. The lowest BCUT2D eigenvalue weighted by Gasteiger charge is -2.26. The Balaban J connectivity index is 1.94. The lowest BCUT2D eigenvalue weighted by molar-refractivity contribution is 0.0629. The molecule has 9 heteroatoms. The van der Waals surface area contributed by atoms with Gasteiger partial charge in [-0.3, -0.25) is 9.78 Å². The first-order chi connectivity index (χ1) is 13.5. The fraction of sp³-hybridized carbons (Fsp3) is 0.368. The van der Waals surface area contributed by atoms with E-state index in [4.69, 9.17) is 4.74 Å². The van der Waals surface area contributed by atoms with Crippen molar-refractivity contribution in [2.45, 2.75) is 26.4 Å². The van der Waals surface area contributed by atoms with E-state index in [-0.39, 0.29) is 11.9 Å². The van der Waals surface area contributed by atoms with Crippen LogP contribution in [0.2, 0.25) is 0 Å². The normalized spacial score (nSPS) is 11.2. The van der Waals surface area contributed by atoms with Crippen molar-refractivity contribution in [3.63, 3.8) is 0 Å². The Hall–Kier alpha value is -2.52. The van der Waals surface area contributed by atoms with E-state index in [1.807, 2.05) is 26.0 Å². The molecule has 3 rings (SSSR count). The smallest absolute Gasteiger partial charge is 0.272 e. The Morgan fingerprint density at radius 3 is 2.89 bits per heavy atom. The second kappa shape index (κ2) is 9.11. The predicted molar refractivity (Wildman–Crippen MR) is 110 cm³/mol. The van der Waals surface area contributed by atoms with Gasteiger partial charge in [0.05, 0.1) is 17.3 Å². The molecule has 148 valence electrons. The summed E-state index contributed by atoms with van der Waals surface area (Å²) in [6, 6.07) is 5.62. The summed E-state index contributed by atoms with van der Waals surface area (Å²) in [6.07, 6.45) is 5.19. The lowest BCUT2D eigenvalue weighted by atomic mass is 10.2. The van der Waals surface area contributed by atoms with E-state index in [0.717, 1.165) is 10.0 Å². The van der Waals surface area contributed by atoms with Crippen LogP contribution in [0.5, 0.6) is 0 Å². The van der Waals surface area contributed by atoms with Gasteiger partial charge in [-0.25, -0.2) is 4.98 Å². The van der Waals surface area contributed by atoms with Crippen molar-refractivity contribution in [2.75, 3.05) is 25.6 Å². The van der Waals surface area contributed by atoms with Crippen LogP contribution in [-0.2, 0) is 11.3 Å². The molecule has 8 nitrogen and oxygen atoms in total. The molecule has 3 aromatic rings. The van der Waals surface area contributed by atoms with E-state index >= 15 is 0 Å². The van der Waals surface area contributed by atoms with Gasteiger partial charge in [-0.2, -0.15) is 9.61 Å². The summed E-state index contributed by atoms with van der Waals surface area (Å²) in [6.45, 7) is 5.47. The van der Waals surface area contributed by atoms with Gasteiger partial charge >= 0.3 is 0 Å². The van der Waals surface area contributed by atoms with E-state index in [1.165, 1.54) is 0 Å². The van der Waals surface area contributed by atoms with Gasteiger partial charge in [-0.05, 0) is 41.4 Å². The zero-order valence-corrected chi connectivity index (χ0v) is 17.7. The number of hydrogen-bond donors (Lipinski definition) is 1. The van der Waals surface area contributed by atoms with Crippen molar-refractivity contribution in [3.05, 3.63) is 52.5 Å². The highest BCUT2D eigenvalue weighted by molar-refractivity contribution is 9.10. The maximum absolute atomic E-state index is 13.1. The summed E-state index contributed by atoms with van der Waals surface area (Å²) in [7, 11) is 1.62. The highest BCUT2D eigenvalue weighted by atomic mass is 79.9. The predicted octanol–water partition coefficient (Wildman–Crippen LogP) is 3.00. The number of carbonyl (C=O) groups excluding carboxylic acids is 1. The molecule has 0 saturated heterocycles. The number of methoxy groups -OCH3 is 1. The standard InChI is InChI=1S/C19H23BrN6O2/c1-13(2)25(7-8-28-3)19(27)16-9-17(22-11-14-5-4-6-21-10-14)26-18(24-16)15(20)12-23-26/h4-6,9-10,12-13,22H,7-8,11H2,1-3H3. The molecule has 3 aromatic heterocycles. The monoisotopic (exact) mass is 446 g/mol. The largest absolute Gasteiger partial charge is 0.383 e. The number of carbonyl (C=O) groups is 1. The zero-order valence-electron chi connectivity index (χ0n) is 16.1. The van der Waals surface area contributed by atoms with Gasteiger partial charge in [0.15, 0.2) is 5.65 Å². The van der Waals surface area contributed by atoms with E-state index in [9.17, 15) is 4.79 Å². The molecule has 0 saturated carbocycles. The quantitative estimate of drug-likeness (QED) is 0.572. The van der Waals surface area contributed by atoms with Gasteiger partial charge in [0.1, 0.15) is 11.5 Å². The summed E-state index contributed by atoms with van der Waals surface area (Å²) in [5.41, 5.74) is 1.96. The maximum Gasteiger partial charge on any atom is 0.272 e. The molecule has 0 aliphatic rings. The topological polar surface area (TPSA) is 84.7 Å². The number of hydrogen-bond acceptors (Lipinski definition) is 6. The highest BCUT2D eigenvalue weighted by Gasteiger charge is 2.22. The minimum absolute atomic E-state index is 0.0285.